The molecule has 0 N–H and O–H groups in total. The van der Waals surface area contributed by atoms with Crippen molar-refractivity contribution in [1.29, 1.82) is 0 Å². The van der Waals surface area contributed by atoms with Crippen LogP contribution in [0.15, 0.2) is 0 Å². The maximum Gasteiger partial charge on any atom is 0.0674 e. The van der Waals surface area contributed by atoms with Gasteiger partial charge in [0, 0.05) is 13.1 Å². The highest BCUT2D eigenvalue weighted by atomic mass is 16.5. The summed E-state index contributed by atoms with van der Waals surface area (Å²) in [6.45, 7) is 9.71. The number of unbranched alkanes of at least 4 members (excludes halogenated alkanes) is 6. The van der Waals surface area contributed by atoms with Gasteiger partial charge in [-0.2, -0.15) is 0 Å². The van der Waals surface area contributed by atoms with E-state index in [4.69, 9.17) is 4.74 Å². The topological polar surface area (TPSA) is 12.5 Å². The maximum absolute atomic E-state index is 5.31. The second-order valence-electron chi connectivity index (χ2n) is 5.21. The molecule has 1 fully saturated rings. The van der Waals surface area contributed by atoms with Crippen LogP contribution in [-0.2, 0) is 4.74 Å². The van der Waals surface area contributed by atoms with E-state index >= 15 is 0 Å². The van der Waals surface area contributed by atoms with E-state index in [0.29, 0.717) is 6.10 Å². The summed E-state index contributed by atoms with van der Waals surface area (Å²) >= 11 is 0. The van der Waals surface area contributed by atoms with Crippen molar-refractivity contribution in [2.45, 2.75) is 71.8 Å². The van der Waals surface area contributed by atoms with E-state index in [1.54, 1.807) is 0 Å². The van der Waals surface area contributed by atoms with Gasteiger partial charge in [-0.25, -0.2) is 0 Å². The number of likely N-dealkylation sites (N-methyl/N-ethyl adjacent to an activating group) is 1. The first-order chi connectivity index (χ1) is 8.20. The summed E-state index contributed by atoms with van der Waals surface area (Å²) < 4.78 is 5.31. The van der Waals surface area contributed by atoms with E-state index < -0.39 is 0 Å². The van der Waals surface area contributed by atoms with E-state index in [-0.39, 0.29) is 0 Å². The lowest BCUT2D eigenvalue weighted by molar-refractivity contribution is -0.00861. The molecule has 1 rings (SSSR count). The van der Waals surface area contributed by atoms with Crippen molar-refractivity contribution in [1.82, 2.24) is 4.90 Å². The van der Waals surface area contributed by atoms with E-state index in [1.807, 2.05) is 0 Å². The van der Waals surface area contributed by atoms with Crippen molar-refractivity contribution in [2.75, 3.05) is 26.7 Å². The minimum atomic E-state index is 0.439. The lowest BCUT2D eigenvalue weighted by Crippen LogP contribution is -2.38. The molecule has 1 unspecified atom stereocenters. The van der Waals surface area contributed by atoms with Gasteiger partial charge in [0.15, 0.2) is 0 Å². The molecule has 0 spiro atoms. The Morgan fingerprint density at radius 3 is 1.88 bits per heavy atom. The van der Waals surface area contributed by atoms with Gasteiger partial charge in [-0.05, 0) is 14.0 Å². The third-order valence-electron chi connectivity index (χ3n) is 3.15. The van der Waals surface area contributed by atoms with Crippen molar-refractivity contribution in [2.24, 2.45) is 0 Å². The summed E-state index contributed by atoms with van der Waals surface area (Å²) in [5, 5.41) is 0. The number of hydrogen-bond acceptors (Lipinski definition) is 2. The first-order valence-electron chi connectivity index (χ1n) is 7.50. The zero-order valence-corrected chi connectivity index (χ0v) is 12.5. The molecule has 0 aliphatic carbocycles. The van der Waals surface area contributed by atoms with Crippen molar-refractivity contribution in [3.8, 4) is 0 Å². The third kappa shape index (κ3) is 12.2. The number of rotatable bonds is 6. The van der Waals surface area contributed by atoms with Crippen LogP contribution in [0.3, 0.4) is 0 Å². The van der Waals surface area contributed by atoms with E-state index in [1.165, 1.54) is 44.9 Å². The first kappa shape index (κ1) is 16.9. The van der Waals surface area contributed by atoms with Crippen LogP contribution in [0.1, 0.15) is 65.7 Å². The molecule has 0 bridgehead atoms. The molecule has 1 atom stereocenters. The molecular weight excluding hydrogens is 210 g/mol. The summed E-state index contributed by atoms with van der Waals surface area (Å²) in [7, 11) is 2.12. The van der Waals surface area contributed by atoms with Gasteiger partial charge in [-0.1, -0.05) is 58.8 Å². The van der Waals surface area contributed by atoms with Gasteiger partial charge in [-0.15, -0.1) is 0 Å². The minimum Gasteiger partial charge on any atom is -0.376 e. The summed E-state index contributed by atoms with van der Waals surface area (Å²) in [5.74, 6) is 0. The van der Waals surface area contributed by atoms with Crippen LogP contribution in [0.2, 0.25) is 0 Å². The predicted molar refractivity (Wildman–Crippen MR) is 76.6 cm³/mol. The van der Waals surface area contributed by atoms with Gasteiger partial charge < -0.3 is 9.64 Å². The standard InChI is InChI=1S/C9H20.C6H13NO/c1-3-5-7-9-8-6-4-2;1-6-5-7(2)3-4-8-6/h3-9H2,1-2H3;6H,3-5H2,1-2H3. The molecule has 2 nitrogen and oxygen atoms in total. The number of morpholine rings is 1. The average Bonchev–Trinajstić information content (AvgIpc) is 2.29. The Balaban J connectivity index is 0.000000302. The summed E-state index contributed by atoms with van der Waals surface area (Å²) in [4.78, 5) is 2.29. The SMILES string of the molecule is CC1CN(C)CCO1.CCCCCCCCC. The maximum atomic E-state index is 5.31. The van der Waals surface area contributed by atoms with Crippen LogP contribution in [0.5, 0.6) is 0 Å². The third-order valence-corrected chi connectivity index (χ3v) is 3.15. The molecular formula is C15H33NO. The van der Waals surface area contributed by atoms with Gasteiger partial charge in [0.1, 0.15) is 0 Å². The van der Waals surface area contributed by atoms with Crippen LogP contribution >= 0.6 is 0 Å². The fraction of sp³-hybridized carbons (Fsp3) is 1.00. The number of ether oxygens (including phenoxy) is 1. The molecule has 1 aliphatic heterocycles. The summed E-state index contributed by atoms with van der Waals surface area (Å²) in [6.07, 6.45) is 10.4. The zero-order valence-electron chi connectivity index (χ0n) is 12.5. The molecule has 1 aliphatic rings. The highest BCUT2D eigenvalue weighted by Gasteiger charge is 2.11. The Bertz CT molecular complexity index is 136. The van der Waals surface area contributed by atoms with Gasteiger partial charge >= 0.3 is 0 Å². The van der Waals surface area contributed by atoms with Crippen LogP contribution in [0.25, 0.3) is 0 Å². The van der Waals surface area contributed by atoms with Crippen LogP contribution in [0.4, 0.5) is 0 Å². The van der Waals surface area contributed by atoms with Crippen LogP contribution in [-0.4, -0.2) is 37.7 Å². The van der Waals surface area contributed by atoms with Gasteiger partial charge in [-0.3, -0.25) is 0 Å². The van der Waals surface area contributed by atoms with E-state index in [9.17, 15) is 0 Å². The molecule has 1 heterocycles. The lowest BCUT2D eigenvalue weighted by Gasteiger charge is -2.27. The molecule has 0 radical (unpaired) electrons. The smallest absolute Gasteiger partial charge is 0.0674 e. The zero-order chi connectivity index (χ0) is 12.9. The average molecular weight is 243 g/mol. The molecule has 0 aromatic heterocycles. The molecule has 0 amide bonds. The minimum absolute atomic E-state index is 0.439. The molecule has 0 saturated carbocycles. The normalized spacial score (nSPS) is 20.8. The first-order valence-corrected chi connectivity index (χ1v) is 7.50. The van der Waals surface area contributed by atoms with Crippen molar-refractivity contribution in [3.63, 3.8) is 0 Å². The van der Waals surface area contributed by atoms with Crippen molar-refractivity contribution < 1.29 is 4.74 Å². The fourth-order valence-corrected chi connectivity index (χ4v) is 2.02. The summed E-state index contributed by atoms with van der Waals surface area (Å²) in [6, 6.07) is 0. The molecule has 0 aromatic carbocycles. The second-order valence-corrected chi connectivity index (χ2v) is 5.21. The van der Waals surface area contributed by atoms with Crippen LogP contribution < -0.4 is 0 Å². The van der Waals surface area contributed by atoms with Crippen LogP contribution in [0, 0.1) is 0 Å². The quantitative estimate of drug-likeness (QED) is 0.651. The van der Waals surface area contributed by atoms with Crippen molar-refractivity contribution >= 4 is 0 Å². The number of hydrogen-bond donors (Lipinski definition) is 0. The molecule has 0 aromatic rings. The molecule has 1 saturated heterocycles. The second kappa shape index (κ2) is 12.4. The summed E-state index contributed by atoms with van der Waals surface area (Å²) in [5.41, 5.74) is 0. The monoisotopic (exact) mass is 243 g/mol. The molecule has 17 heavy (non-hydrogen) atoms. The fourth-order valence-electron chi connectivity index (χ4n) is 2.02. The largest absolute Gasteiger partial charge is 0.376 e. The van der Waals surface area contributed by atoms with Crippen molar-refractivity contribution in [3.05, 3.63) is 0 Å². The highest BCUT2D eigenvalue weighted by molar-refractivity contribution is 4.62. The van der Waals surface area contributed by atoms with E-state index in [0.717, 1.165) is 19.7 Å². The Morgan fingerprint density at radius 2 is 1.53 bits per heavy atom. The Hall–Kier alpha value is -0.0800. The van der Waals surface area contributed by atoms with Gasteiger partial charge in [0.25, 0.3) is 0 Å². The molecule has 2 heteroatoms. The highest BCUT2D eigenvalue weighted by Crippen LogP contribution is 2.05. The Kier molecular flexibility index (Phi) is 12.3. The molecule has 104 valence electrons. The lowest BCUT2D eigenvalue weighted by atomic mass is 10.1. The Labute approximate surface area is 109 Å². The van der Waals surface area contributed by atoms with Gasteiger partial charge in [0.2, 0.25) is 0 Å². The number of nitrogens with zero attached hydrogens (tertiary/aromatic N) is 1. The van der Waals surface area contributed by atoms with E-state index in [2.05, 4.69) is 32.7 Å². The Morgan fingerprint density at radius 1 is 1.00 bits per heavy atom. The van der Waals surface area contributed by atoms with Gasteiger partial charge in [0.05, 0.1) is 12.7 Å². The predicted octanol–water partition coefficient (Wildman–Crippen LogP) is 4.09.